The molecule has 3 heteroatoms. The Kier molecular flexibility index (Phi) is 4.32. The Morgan fingerprint density at radius 3 is 2.19 bits per heavy atom. The van der Waals surface area contributed by atoms with Crippen molar-refractivity contribution in [3.8, 4) is 0 Å². The van der Waals surface area contributed by atoms with Crippen LogP contribution in [-0.4, -0.2) is 36.1 Å². The van der Waals surface area contributed by atoms with Gasteiger partial charge in [-0.1, -0.05) is 29.3 Å². The average Bonchev–Trinajstić information content (AvgIpc) is 2.49. The van der Waals surface area contributed by atoms with Gasteiger partial charge in [-0.2, -0.15) is 0 Å². The predicted molar refractivity (Wildman–Crippen MR) is 86.4 cm³/mol. The highest BCUT2D eigenvalue weighted by Gasteiger charge is 2.24. The summed E-state index contributed by atoms with van der Waals surface area (Å²) in [6.45, 7) is 8.65. The van der Waals surface area contributed by atoms with E-state index in [-0.39, 0.29) is 0 Å². The Labute approximate surface area is 127 Å². The summed E-state index contributed by atoms with van der Waals surface area (Å²) in [7, 11) is 0. The number of aromatic nitrogens is 1. The monoisotopic (exact) mass is 281 g/mol. The molecular weight excluding hydrogens is 258 g/mol. The lowest BCUT2D eigenvalue weighted by Gasteiger charge is -2.35. The lowest BCUT2D eigenvalue weighted by molar-refractivity contribution is 0.198. The van der Waals surface area contributed by atoms with E-state index in [9.17, 15) is 0 Å². The van der Waals surface area contributed by atoms with E-state index in [1.165, 1.54) is 22.3 Å². The molecule has 0 amide bonds. The van der Waals surface area contributed by atoms with Crippen molar-refractivity contribution < 1.29 is 0 Å². The molecule has 0 spiro atoms. The van der Waals surface area contributed by atoms with Crippen molar-refractivity contribution in [2.75, 3.05) is 26.2 Å². The number of pyridine rings is 1. The molecule has 0 radical (unpaired) electrons. The number of nitrogens with one attached hydrogen (secondary N) is 1. The van der Waals surface area contributed by atoms with Crippen LogP contribution in [0.2, 0.25) is 0 Å². The van der Waals surface area contributed by atoms with E-state index < -0.39 is 0 Å². The van der Waals surface area contributed by atoms with Gasteiger partial charge in [0, 0.05) is 38.6 Å². The van der Waals surface area contributed by atoms with Crippen molar-refractivity contribution in [2.24, 2.45) is 0 Å². The highest BCUT2D eigenvalue weighted by atomic mass is 15.2. The number of hydrogen-bond donors (Lipinski definition) is 1. The predicted octanol–water partition coefficient (Wildman–Crippen LogP) is 2.69. The molecule has 2 heterocycles. The van der Waals surface area contributed by atoms with E-state index in [4.69, 9.17) is 0 Å². The molecule has 110 valence electrons. The first-order valence-corrected chi connectivity index (χ1v) is 7.67. The van der Waals surface area contributed by atoms with Crippen molar-refractivity contribution in [1.82, 2.24) is 15.2 Å². The Morgan fingerprint density at radius 1 is 0.952 bits per heavy atom. The van der Waals surface area contributed by atoms with Crippen molar-refractivity contribution in [3.05, 3.63) is 65.0 Å². The maximum absolute atomic E-state index is 4.17. The SMILES string of the molecule is Cc1cc(C)cc(C(c2ccncc2)N2CCNCC2)c1. The molecule has 0 aliphatic carbocycles. The smallest absolute Gasteiger partial charge is 0.0603 e. The van der Waals surface area contributed by atoms with Gasteiger partial charge in [-0.15, -0.1) is 0 Å². The average molecular weight is 281 g/mol. The first-order valence-electron chi connectivity index (χ1n) is 7.67. The third kappa shape index (κ3) is 3.31. The van der Waals surface area contributed by atoms with E-state index in [1.807, 2.05) is 12.4 Å². The minimum absolute atomic E-state index is 0.327. The zero-order chi connectivity index (χ0) is 14.7. The van der Waals surface area contributed by atoms with Crippen LogP contribution in [0.1, 0.15) is 28.3 Å². The van der Waals surface area contributed by atoms with Crippen LogP contribution in [0.15, 0.2) is 42.7 Å². The highest BCUT2D eigenvalue weighted by molar-refractivity contribution is 5.36. The van der Waals surface area contributed by atoms with Crippen molar-refractivity contribution >= 4 is 0 Å². The normalized spacial score (nSPS) is 17.6. The van der Waals surface area contributed by atoms with Gasteiger partial charge in [0.15, 0.2) is 0 Å². The molecule has 1 aliphatic heterocycles. The largest absolute Gasteiger partial charge is 0.314 e. The summed E-state index contributed by atoms with van der Waals surface area (Å²) >= 11 is 0. The minimum atomic E-state index is 0.327. The number of piperazine rings is 1. The van der Waals surface area contributed by atoms with Gasteiger partial charge in [0.1, 0.15) is 0 Å². The molecule has 1 saturated heterocycles. The van der Waals surface area contributed by atoms with E-state index >= 15 is 0 Å². The second-order valence-corrected chi connectivity index (χ2v) is 5.89. The fourth-order valence-corrected chi connectivity index (χ4v) is 3.27. The van der Waals surface area contributed by atoms with Gasteiger partial charge in [-0.25, -0.2) is 0 Å². The van der Waals surface area contributed by atoms with E-state index in [2.05, 4.69) is 59.4 Å². The minimum Gasteiger partial charge on any atom is -0.314 e. The molecular formula is C18H23N3. The van der Waals surface area contributed by atoms with E-state index in [0.29, 0.717) is 6.04 Å². The lowest BCUT2D eigenvalue weighted by atomic mass is 9.94. The van der Waals surface area contributed by atoms with Gasteiger partial charge in [0.2, 0.25) is 0 Å². The summed E-state index contributed by atoms with van der Waals surface area (Å²) in [5.74, 6) is 0. The summed E-state index contributed by atoms with van der Waals surface area (Å²) in [5.41, 5.74) is 5.39. The lowest BCUT2D eigenvalue weighted by Crippen LogP contribution is -2.45. The standard InChI is InChI=1S/C18H23N3/c1-14-11-15(2)13-17(12-14)18(16-3-5-19-6-4-16)21-9-7-20-8-10-21/h3-6,11-13,18,20H,7-10H2,1-2H3. The first-order chi connectivity index (χ1) is 10.2. The third-order valence-corrected chi connectivity index (χ3v) is 4.10. The second-order valence-electron chi connectivity index (χ2n) is 5.89. The molecule has 1 aromatic carbocycles. The molecule has 3 nitrogen and oxygen atoms in total. The summed E-state index contributed by atoms with van der Waals surface area (Å²) in [4.78, 5) is 6.74. The van der Waals surface area contributed by atoms with Gasteiger partial charge in [0.05, 0.1) is 6.04 Å². The summed E-state index contributed by atoms with van der Waals surface area (Å²) < 4.78 is 0. The quantitative estimate of drug-likeness (QED) is 0.937. The van der Waals surface area contributed by atoms with E-state index in [1.54, 1.807) is 0 Å². The molecule has 1 unspecified atom stereocenters. The van der Waals surface area contributed by atoms with Crippen molar-refractivity contribution in [3.63, 3.8) is 0 Å². The number of hydrogen-bond acceptors (Lipinski definition) is 3. The van der Waals surface area contributed by atoms with Crippen LogP contribution >= 0.6 is 0 Å². The van der Waals surface area contributed by atoms with Crippen LogP contribution in [0.5, 0.6) is 0 Å². The molecule has 0 bridgehead atoms. The van der Waals surface area contributed by atoms with Crippen LogP contribution in [0.4, 0.5) is 0 Å². The number of rotatable bonds is 3. The fourth-order valence-electron chi connectivity index (χ4n) is 3.27. The van der Waals surface area contributed by atoms with Crippen LogP contribution in [0.25, 0.3) is 0 Å². The molecule has 1 aliphatic rings. The van der Waals surface area contributed by atoms with Crippen LogP contribution in [0.3, 0.4) is 0 Å². The summed E-state index contributed by atoms with van der Waals surface area (Å²) in [6.07, 6.45) is 3.79. The van der Waals surface area contributed by atoms with Crippen LogP contribution < -0.4 is 5.32 Å². The Morgan fingerprint density at radius 2 is 1.57 bits per heavy atom. The summed E-state index contributed by atoms with van der Waals surface area (Å²) in [6, 6.07) is 11.5. The summed E-state index contributed by atoms with van der Waals surface area (Å²) in [5, 5.41) is 3.44. The Balaban J connectivity index is 2.02. The molecule has 0 saturated carbocycles. The van der Waals surface area contributed by atoms with Gasteiger partial charge < -0.3 is 5.32 Å². The van der Waals surface area contributed by atoms with Gasteiger partial charge in [-0.3, -0.25) is 9.88 Å². The first kappa shape index (κ1) is 14.2. The molecule has 1 N–H and O–H groups in total. The zero-order valence-electron chi connectivity index (χ0n) is 12.8. The Hall–Kier alpha value is -1.71. The third-order valence-electron chi connectivity index (χ3n) is 4.10. The van der Waals surface area contributed by atoms with Crippen molar-refractivity contribution in [1.29, 1.82) is 0 Å². The molecule has 1 aromatic heterocycles. The van der Waals surface area contributed by atoms with Gasteiger partial charge in [0.25, 0.3) is 0 Å². The van der Waals surface area contributed by atoms with Crippen LogP contribution in [0, 0.1) is 13.8 Å². The molecule has 1 fully saturated rings. The Bertz CT molecular complexity index is 568. The molecule has 2 aromatic rings. The number of nitrogens with zero attached hydrogens (tertiary/aromatic N) is 2. The zero-order valence-corrected chi connectivity index (χ0v) is 12.8. The molecule has 1 atom stereocenters. The number of aryl methyl sites for hydroxylation is 2. The topological polar surface area (TPSA) is 28.2 Å². The number of benzene rings is 1. The second kappa shape index (κ2) is 6.37. The highest BCUT2D eigenvalue weighted by Crippen LogP contribution is 2.29. The van der Waals surface area contributed by atoms with E-state index in [0.717, 1.165) is 26.2 Å². The van der Waals surface area contributed by atoms with Crippen LogP contribution in [-0.2, 0) is 0 Å². The maximum Gasteiger partial charge on any atom is 0.0603 e. The van der Waals surface area contributed by atoms with Gasteiger partial charge in [-0.05, 0) is 37.1 Å². The van der Waals surface area contributed by atoms with Crippen molar-refractivity contribution in [2.45, 2.75) is 19.9 Å². The maximum atomic E-state index is 4.17. The van der Waals surface area contributed by atoms with Gasteiger partial charge >= 0.3 is 0 Å². The fraction of sp³-hybridized carbons (Fsp3) is 0.389. The molecule has 21 heavy (non-hydrogen) atoms. The molecule has 3 rings (SSSR count).